The predicted octanol–water partition coefficient (Wildman–Crippen LogP) is 3.59. The highest BCUT2D eigenvalue weighted by Gasteiger charge is 2.24. The van der Waals surface area contributed by atoms with E-state index in [1.165, 1.54) is 0 Å². The molecule has 4 heterocycles. The number of imidazole rings is 1. The third-order valence-electron chi connectivity index (χ3n) is 5.26. The second-order valence-corrected chi connectivity index (χ2v) is 9.91. The number of halogens is 1. The van der Waals surface area contributed by atoms with Crippen LogP contribution >= 0.6 is 11.6 Å². The van der Waals surface area contributed by atoms with Crippen molar-refractivity contribution in [2.24, 2.45) is 0 Å². The lowest BCUT2D eigenvalue weighted by Gasteiger charge is -2.23. The molecule has 3 aromatic heterocycles. The molecule has 9 heteroatoms. The summed E-state index contributed by atoms with van der Waals surface area (Å²) in [7, 11) is -2.90. The lowest BCUT2D eigenvalue weighted by molar-refractivity contribution is 0.558. The number of pyridine rings is 1. The normalized spacial score (nSPS) is 17.0. The average Bonchev–Trinajstić information content (AvgIpc) is 3.20. The summed E-state index contributed by atoms with van der Waals surface area (Å²) in [4.78, 5) is 13.6. The Morgan fingerprint density at radius 1 is 1.07 bits per heavy atom. The molecule has 1 aliphatic rings. The molecule has 1 fully saturated rings. The largest absolute Gasteiger partial charge is 0.351 e. The van der Waals surface area contributed by atoms with Crippen LogP contribution < -0.4 is 5.32 Å². The molecule has 0 bridgehead atoms. The van der Waals surface area contributed by atoms with Gasteiger partial charge < -0.3 is 5.32 Å². The number of sulfone groups is 1. The number of anilines is 1. The first-order chi connectivity index (χ1) is 14.0. The maximum Gasteiger partial charge on any atom is 0.224 e. The molecule has 148 valence electrons. The first-order valence-corrected chi connectivity index (χ1v) is 11.5. The van der Waals surface area contributed by atoms with Gasteiger partial charge in [-0.05, 0) is 25.0 Å². The zero-order valence-electron chi connectivity index (χ0n) is 15.4. The van der Waals surface area contributed by atoms with Gasteiger partial charge in [-0.2, -0.15) is 4.98 Å². The molecule has 0 aliphatic carbocycles. The summed E-state index contributed by atoms with van der Waals surface area (Å²) >= 11 is 6.41. The number of hydrogen-bond donors (Lipinski definition) is 1. The van der Waals surface area contributed by atoms with Crippen molar-refractivity contribution in [3.63, 3.8) is 0 Å². The van der Waals surface area contributed by atoms with Crippen LogP contribution in [-0.4, -0.2) is 45.3 Å². The zero-order chi connectivity index (χ0) is 20.0. The fraction of sp³-hybridized carbons (Fsp3) is 0.250. The summed E-state index contributed by atoms with van der Waals surface area (Å²) in [5.41, 5.74) is 3.31. The van der Waals surface area contributed by atoms with E-state index in [9.17, 15) is 8.42 Å². The molecule has 1 saturated heterocycles. The molecule has 0 atom stereocenters. The maximum absolute atomic E-state index is 11.6. The molecule has 7 nitrogen and oxygen atoms in total. The third kappa shape index (κ3) is 3.42. The van der Waals surface area contributed by atoms with Gasteiger partial charge in [0.15, 0.2) is 5.65 Å². The number of nitrogens with one attached hydrogen (secondary N) is 1. The molecule has 1 N–H and O–H groups in total. The van der Waals surface area contributed by atoms with Gasteiger partial charge in [0.1, 0.15) is 15.5 Å². The average molecular weight is 428 g/mol. The van der Waals surface area contributed by atoms with Gasteiger partial charge in [0.25, 0.3) is 0 Å². The Morgan fingerprint density at radius 2 is 1.86 bits per heavy atom. The standard InChI is InChI=1S/C20H18ClN5O2S/c21-17-4-2-1-3-15(17)16-11-13-12-23-20(24-14-5-9-29(27,28)10-6-14)25-18(13)26-8-7-22-19(16)26/h1-4,7-8,11-12,14H,5-6,9-10H2,(H,23,24,25). The third-order valence-corrected chi connectivity index (χ3v) is 7.30. The van der Waals surface area contributed by atoms with Crippen LogP contribution in [0.5, 0.6) is 0 Å². The number of fused-ring (bicyclic) bond motifs is 3. The van der Waals surface area contributed by atoms with Crippen molar-refractivity contribution in [2.45, 2.75) is 18.9 Å². The fourth-order valence-electron chi connectivity index (χ4n) is 3.73. The predicted molar refractivity (Wildman–Crippen MR) is 114 cm³/mol. The highest BCUT2D eigenvalue weighted by Crippen LogP contribution is 2.33. The minimum Gasteiger partial charge on any atom is -0.351 e. The van der Waals surface area contributed by atoms with Crippen LogP contribution in [0.3, 0.4) is 0 Å². The van der Waals surface area contributed by atoms with Crippen molar-refractivity contribution in [3.05, 3.63) is 53.9 Å². The summed E-state index contributed by atoms with van der Waals surface area (Å²) in [6.45, 7) is 0. The van der Waals surface area contributed by atoms with Crippen LogP contribution in [0.2, 0.25) is 5.02 Å². The number of nitrogens with zero attached hydrogens (tertiary/aromatic N) is 4. The van der Waals surface area contributed by atoms with E-state index in [-0.39, 0.29) is 17.5 Å². The SMILES string of the molecule is O=S1(=O)CCC(Nc2ncc3cc(-c4ccccc4Cl)c4nccn4c3n2)CC1. The molecular formula is C20H18ClN5O2S. The van der Waals surface area contributed by atoms with E-state index >= 15 is 0 Å². The first-order valence-electron chi connectivity index (χ1n) is 9.35. The second-order valence-electron chi connectivity index (χ2n) is 7.20. The van der Waals surface area contributed by atoms with Crippen LogP contribution in [0.15, 0.2) is 48.9 Å². The molecule has 0 saturated carbocycles. The van der Waals surface area contributed by atoms with Crippen LogP contribution in [0.1, 0.15) is 12.8 Å². The van der Waals surface area contributed by atoms with Crippen LogP contribution in [0.25, 0.3) is 27.8 Å². The Kier molecular flexibility index (Phi) is 4.40. The highest BCUT2D eigenvalue weighted by molar-refractivity contribution is 7.91. The van der Waals surface area contributed by atoms with Gasteiger partial charge in [0.05, 0.1) is 11.5 Å². The molecule has 0 radical (unpaired) electrons. The summed E-state index contributed by atoms with van der Waals surface area (Å²) in [5.74, 6) is 0.887. The van der Waals surface area contributed by atoms with E-state index in [2.05, 4.69) is 20.3 Å². The second kappa shape index (κ2) is 6.96. The van der Waals surface area contributed by atoms with Crippen LogP contribution in [-0.2, 0) is 9.84 Å². The van der Waals surface area contributed by atoms with Gasteiger partial charge in [0, 0.05) is 46.2 Å². The number of benzene rings is 1. The summed E-state index contributed by atoms with van der Waals surface area (Å²) < 4.78 is 25.2. The van der Waals surface area contributed by atoms with E-state index < -0.39 is 9.84 Å². The van der Waals surface area contributed by atoms with Crippen molar-refractivity contribution in [1.29, 1.82) is 0 Å². The summed E-state index contributed by atoms with van der Waals surface area (Å²) in [6.07, 6.45) is 6.49. The Hall–Kier alpha value is -2.71. The molecule has 0 spiro atoms. The Bertz CT molecular complexity index is 1320. The van der Waals surface area contributed by atoms with Crippen molar-refractivity contribution >= 4 is 44.1 Å². The molecule has 1 aliphatic heterocycles. The van der Waals surface area contributed by atoms with Gasteiger partial charge in [-0.15, -0.1) is 0 Å². The van der Waals surface area contributed by atoms with E-state index in [1.54, 1.807) is 12.4 Å². The maximum atomic E-state index is 11.6. The minimum absolute atomic E-state index is 0.0525. The first kappa shape index (κ1) is 18.3. The number of rotatable bonds is 3. The highest BCUT2D eigenvalue weighted by atomic mass is 35.5. The Morgan fingerprint density at radius 3 is 2.66 bits per heavy atom. The summed E-state index contributed by atoms with van der Waals surface area (Å²) in [5, 5.41) is 4.80. The molecule has 5 rings (SSSR count). The molecule has 4 aromatic rings. The fourth-order valence-corrected chi connectivity index (χ4v) is 5.46. The summed E-state index contributed by atoms with van der Waals surface area (Å²) in [6, 6.07) is 9.71. The van der Waals surface area contributed by atoms with Crippen molar-refractivity contribution in [3.8, 4) is 11.1 Å². The van der Waals surface area contributed by atoms with Crippen molar-refractivity contribution in [2.75, 3.05) is 16.8 Å². The Labute approximate surface area is 172 Å². The monoisotopic (exact) mass is 427 g/mol. The zero-order valence-corrected chi connectivity index (χ0v) is 17.0. The van der Waals surface area contributed by atoms with Gasteiger partial charge >= 0.3 is 0 Å². The quantitative estimate of drug-likeness (QED) is 0.537. The van der Waals surface area contributed by atoms with Crippen LogP contribution in [0.4, 0.5) is 5.95 Å². The van der Waals surface area contributed by atoms with Gasteiger partial charge in [-0.3, -0.25) is 4.40 Å². The van der Waals surface area contributed by atoms with E-state index in [0.29, 0.717) is 23.8 Å². The lowest BCUT2D eigenvalue weighted by atomic mass is 10.1. The molecular weight excluding hydrogens is 410 g/mol. The van der Waals surface area contributed by atoms with Crippen molar-refractivity contribution < 1.29 is 8.42 Å². The lowest BCUT2D eigenvalue weighted by Crippen LogP contribution is -2.32. The van der Waals surface area contributed by atoms with E-state index in [0.717, 1.165) is 27.8 Å². The molecule has 0 unspecified atom stereocenters. The van der Waals surface area contributed by atoms with Gasteiger partial charge in [-0.1, -0.05) is 29.8 Å². The molecule has 0 amide bonds. The topological polar surface area (TPSA) is 89.2 Å². The Balaban J connectivity index is 1.56. The number of hydrogen-bond acceptors (Lipinski definition) is 6. The van der Waals surface area contributed by atoms with E-state index in [1.807, 2.05) is 40.9 Å². The van der Waals surface area contributed by atoms with Gasteiger partial charge in [-0.25, -0.2) is 18.4 Å². The van der Waals surface area contributed by atoms with Gasteiger partial charge in [0.2, 0.25) is 5.95 Å². The molecule has 1 aromatic carbocycles. The van der Waals surface area contributed by atoms with E-state index in [4.69, 9.17) is 11.6 Å². The minimum atomic E-state index is -2.90. The van der Waals surface area contributed by atoms with Crippen molar-refractivity contribution in [1.82, 2.24) is 19.4 Å². The molecule has 29 heavy (non-hydrogen) atoms. The number of aromatic nitrogens is 4. The van der Waals surface area contributed by atoms with Crippen LogP contribution in [0, 0.1) is 0 Å². The smallest absolute Gasteiger partial charge is 0.224 e.